The van der Waals surface area contributed by atoms with Crippen molar-refractivity contribution < 1.29 is 4.74 Å². The van der Waals surface area contributed by atoms with Gasteiger partial charge in [0.25, 0.3) is 0 Å². The lowest BCUT2D eigenvalue weighted by Crippen LogP contribution is -2.45. The third-order valence-electron chi connectivity index (χ3n) is 4.70. The molecule has 0 bridgehead atoms. The molecule has 0 saturated heterocycles. The molecule has 1 aromatic rings. The van der Waals surface area contributed by atoms with Gasteiger partial charge in [-0.2, -0.15) is 0 Å². The molecule has 2 rings (SSSR count). The van der Waals surface area contributed by atoms with Crippen LogP contribution in [0, 0.1) is 5.92 Å². The summed E-state index contributed by atoms with van der Waals surface area (Å²) in [5.41, 5.74) is 3.03. The molecule has 1 aromatic carbocycles. The Balaban J connectivity index is 2.51. The van der Waals surface area contributed by atoms with Crippen molar-refractivity contribution in [1.29, 1.82) is 0 Å². The lowest BCUT2D eigenvalue weighted by molar-refractivity contribution is 0.0857. The van der Waals surface area contributed by atoms with Crippen LogP contribution in [0.15, 0.2) is 24.3 Å². The second kappa shape index (κ2) is 5.31. The SMILES string of the molecule is CCC(C)C1(COC)CCN(C)c2ccccc21. The minimum absolute atomic E-state index is 0.187. The number of rotatable bonds is 4. The van der Waals surface area contributed by atoms with Gasteiger partial charge in [-0.25, -0.2) is 0 Å². The van der Waals surface area contributed by atoms with Gasteiger partial charge in [0.2, 0.25) is 0 Å². The number of hydrogen-bond acceptors (Lipinski definition) is 2. The standard InChI is InChI=1S/C16H25NO/c1-5-13(2)16(12-18-4)10-11-17(3)15-9-7-6-8-14(15)16/h6-9,13H,5,10-12H2,1-4H3. The smallest absolute Gasteiger partial charge is 0.0563 e. The zero-order chi connectivity index (χ0) is 13.2. The van der Waals surface area contributed by atoms with Gasteiger partial charge < -0.3 is 9.64 Å². The first-order chi connectivity index (χ1) is 8.65. The van der Waals surface area contributed by atoms with E-state index in [1.165, 1.54) is 24.1 Å². The maximum atomic E-state index is 5.58. The average Bonchev–Trinajstić information content (AvgIpc) is 2.42. The fraction of sp³-hybridized carbons (Fsp3) is 0.625. The molecular formula is C16H25NO. The molecule has 0 saturated carbocycles. The van der Waals surface area contributed by atoms with E-state index in [1.54, 1.807) is 0 Å². The van der Waals surface area contributed by atoms with E-state index in [4.69, 9.17) is 4.74 Å². The number of para-hydroxylation sites is 1. The van der Waals surface area contributed by atoms with Gasteiger partial charge >= 0.3 is 0 Å². The molecule has 18 heavy (non-hydrogen) atoms. The van der Waals surface area contributed by atoms with Crippen LogP contribution in [0.3, 0.4) is 0 Å². The molecule has 100 valence electrons. The summed E-state index contributed by atoms with van der Waals surface area (Å²) in [7, 11) is 4.01. The third kappa shape index (κ3) is 2.03. The van der Waals surface area contributed by atoms with E-state index in [9.17, 15) is 0 Å². The minimum Gasteiger partial charge on any atom is -0.384 e. The van der Waals surface area contributed by atoms with Gasteiger partial charge in [0.15, 0.2) is 0 Å². The Morgan fingerprint density at radius 1 is 1.39 bits per heavy atom. The largest absolute Gasteiger partial charge is 0.384 e. The summed E-state index contributed by atoms with van der Waals surface area (Å²) in [6.45, 7) is 6.59. The molecule has 0 fully saturated rings. The monoisotopic (exact) mass is 247 g/mol. The van der Waals surface area contributed by atoms with Gasteiger partial charge in [0.05, 0.1) is 6.61 Å². The van der Waals surface area contributed by atoms with Crippen LogP contribution >= 0.6 is 0 Å². The van der Waals surface area contributed by atoms with Crippen molar-refractivity contribution in [2.45, 2.75) is 32.1 Å². The molecule has 2 nitrogen and oxygen atoms in total. The molecule has 0 aliphatic carbocycles. The van der Waals surface area contributed by atoms with E-state index in [2.05, 4.69) is 50.1 Å². The van der Waals surface area contributed by atoms with Gasteiger partial charge in [-0.1, -0.05) is 38.5 Å². The zero-order valence-electron chi connectivity index (χ0n) is 12.1. The Morgan fingerprint density at radius 2 is 2.11 bits per heavy atom. The Bertz CT molecular complexity index is 404. The highest BCUT2D eigenvalue weighted by Gasteiger charge is 2.41. The van der Waals surface area contributed by atoms with Gasteiger partial charge in [-0.05, 0) is 24.0 Å². The van der Waals surface area contributed by atoms with Crippen molar-refractivity contribution in [3.05, 3.63) is 29.8 Å². The quantitative estimate of drug-likeness (QED) is 0.808. The van der Waals surface area contributed by atoms with Crippen LogP contribution in [-0.4, -0.2) is 27.3 Å². The van der Waals surface area contributed by atoms with Crippen molar-refractivity contribution in [2.75, 3.05) is 32.2 Å². The topological polar surface area (TPSA) is 12.5 Å². The van der Waals surface area contributed by atoms with Crippen molar-refractivity contribution in [1.82, 2.24) is 0 Å². The molecule has 1 aliphatic heterocycles. The molecule has 0 aromatic heterocycles. The first-order valence-electron chi connectivity index (χ1n) is 6.95. The number of ether oxygens (including phenoxy) is 1. The molecule has 0 radical (unpaired) electrons. The van der Waals surface area contributed by atoms with Crippen molar-refractivity contribution >= 4 is 5.69 Å². The Kier molecular flexibility index (Phi) is 3.96. The molecule has 0 amide bonds. The van der Waals surface area contributed by atoms with Crippen LogP contribution in [0.2, 0.25) is 0 Å². The van der Waals surface area contributed by atoms with Gasteiger partial charge in [-0.3, -0.25) is 0 Å². The molecule has 0 spiro atoms. The first-order valence-corrected chi connectivity index (χ1v) is 6.95. The maximum Gasteiger partial charge on any atom is 0.0563 e. The van der Waals surface area contributed by atoms with E-state index >= 15 is 0 Å². The van der Waals surface area contributed by atoms with E-state index < -0.39 is 0 Å². The van der Waals surface area contributed by atoms with E-state index in [0.717, 1.165) is 13.2 Å². The van der Waals surface area contributed by atoms with Gasteiger partial charge in [0.1, 0.15) is 0 Å². The van der Waals surface area contributed by atoms with Gasteiger partial charge in [-0.15, -0.1) is 0 Å². The number of benzene rings is 1. The van der Waals surface area contributed by atoms with E-state index in [0.29, 0.717) is 5.92 Å². The predicted octanol–water partition coefficient (Wildman–Crippen LogP) is 3.46. The minimum atomic E-state index is 0.187. The summed E-state index contributed by atoms with van der Waals surface area (Å²) in [5, 5.41) is 0. The highest BCUT2D eigenvalue weighted by atomic mass is 16.5. The Morgan fingerprint density at radius 3 is 2.78 bits per heavy atom. The summed E-state index contributed by atoms with van der Waals surface area (Å²) < 4.78 is 5.58. The number of hydrogen-bond donors (Lipinski definition) is 0. The van der Waals surface area contributed by atoms with E-state index in [1.807, 2.05) is 7.11 Å². The fourth-order valence-electron chi connectivity index (χ4n) is 3.30. The zero-order valence-corrected chi connectivity index (χ0v) is 12.1. The average molecular weight is 247 g/mol. The summed E-state index contributed by atoms with van der Waals surface area (Å²) in [6.07, 6.45) is 2.38. The van der Waals surface area contributed by atoms with Crippen LogP contribution in [0.25, 0.3) is 0 Å². The summed E-state index contributed by atoms with van der Waals surface area (Å²) >= 11 is 0. The molecule has 1 heterocycles. The third-order valence-corrected chi connectivity index (χ3v) is 4.70. The van der Waals surface area contributed by atoms with Crippen LogP contribution in [0.5, 0.6) is 0 Å². The number of nitrogens with zero attached hydrogens (tertiary/aromatic N) is 1. The van der Waals surface area contributed by atoms with Crippen molar-refractivity contribution in [2.24, 2.45) is 5.92 Å². The molecule has 2 atom stereocenters. The fourth-order valence-corrected chi connectivity index (χ4v) is 3.30. The molecular weight excluding hydrogens is 222 g/mol. The Hall–Kier alpha value is -1.02. The summed E-state index contributed by atoms with van der Waals surface area (Å²) in [6, 6.07) is 8.82. The predicted molar refractivity (Wildman–Crippen MR) is 77.3 cm³/mol. The number of anilines is 1. The van der Waals surface area contributed by atoms with Crippen LogP contribution < -0.4 is 4.90 Å². The lowest BCUT2D eigenvalue weighted by Gasteiger charge is -2.46. The highest BCUT2D eigenvalue weighted by Crippen LogP contribution is 2.45. The normalized spacial score (nSPS) is 24.8. The number of methoxy groups -OCH3 is 1. The Labute approximate surface area is 111 Å². The lowest BCUT2D eigenvalue weighted by atomic mass is 9.66. The van der Waals surface area contributed by atoms with Gasteiger partial charge in [0, 0.05) is 31.8 Å². The van der Waals surface area contributed by atoms with E-state index in [-0.39, 0.29) is 5.41 Å². The second-order valence-corrected chi connectivity index (χ2v) is 5.59. The van der Waals surface area contributed by atoms with Crippen molar-refractivity contribution in [3.63, 3.8) is 0 Å². The molecule has 0 N–H and O–H groups in total. The highest BCUT2D eigenvalue weighted by molar-refractivity contribution is 5.59. The molecule has 1 aliphatic rings. The second-order valence-electron chi connectivity index (χ2n) is 5.59. The summed E-state index contributed by atoms with van der Waals surface area (Å²) in [4.78, 5) is 2.37. The maximum absolute atomic E-state index is 5.58. The van der Waals surface area contributed by atoms with Crippen LogP contribution in [0.4, 0.5) is 5.69 Å². The first kappa shape index (κ1) is 13.4. The summed E-state index contributed by atoms with van der Waals surface area (Å²) in [5.74, 6) is 0.646. The number of fused-ring (bicyclic) bond motifs is 1. The molecule has 2 unspecified atom stereocenters. The molecule has 2 heteroatoms. The van der Waals surface area contributed by atoms with Crippen LogP contribution in [0.1, 0.15) is 32.3 Å². The van der Waals surface area contributed by atoms with Crippen LogP contribution in [-0.2, 0) is 10.2 Å². The van der Waals surface area contributed by atoms with Crippen molar-refractivity contribution in [3.8, 4) is 0 Å².